The molecule has 0 spiro atoms. The number of rotatable bonds is 2. The average molecular weight is 397 g/mol. The number of nitrogens with one attached hydrogen (secondary N) is 1. The predicted octanol–water partition coefficient (Wildman–Crippen LogP) is 3.25. The second-order valence-corrected chi connectivity index (χ2v) is 6.46. The lowest BCUT2D eigenvalue weighted by molar-refractivity contribution is 0.208. The molecular weight excluding hydrogens is 382 g/mol. The van der Waals surface area contributed by atoms with Gasteiger partial charge in [-0.2, -0.15) is 0 Å². The van der Waals surface area contributed by atoms with Crippen molar-refractivity contribution in [2.45, 2.75) is 0 Å². The van der Waals surface area contributed by atoms with Gasteiger partial charge in [0.2, 0.25) is 5.95 Å². The zero-order valence-corrected chi connectivity index (χ0v) is 14.6. The Bertz CT molecular complexity index is 671. The van der Waals surface area contributed by atoms with Crippen molar-refractivity contribution in [2.75, 3.05) is 36.4 Å². The highest BCUT2D eigenvalue weighted by Gasteiger charge is 2.22. The Kier molecular flexibility index (Phi) is 4.97. The number of halogens is 2. The molecule has 1 aromatic heterocycles. The van der Waals surface area contributed by atoms with E-state index >= 15 is 0 Å². The van der Waals surface area contributed by atoms with Crippen molar-refractivity contribution in [3.8, 4) is 0 Å². The fourth-order valence-electron chi connectivity index (χ4n) is 2.31. The highest BCUT2D eigenvalue weighted by atomic mass is 79.9. The SMILES string of the molecule is O=C(Nc1ccc(Cl)cc1)N1CCN(c2ncc(Br)cn2)CC1. The van der Waals surface area contributed by atoms with Crippen LogP contribution in [0.4, 0.5) is 16.4 Å². The van der Waals surface area contributed by atoms with Crippen LogP contribution < -0.4 is 10.2 Å². The molecule has 1 aliphatic rings. The van der Waals surface area contributed by atoms with Crippen LogP contribution in [0.25, 0.3) is 0 Å². The summed E-state index contributed by atoms with van der Waals surface area (Å²) in [6.45, 7) is 2.66. The van der Waals surface area contributed by atoms with Gasteiger partial charge in [0.05, 0.1) is 4.47 Å². The van der Waals surface area contributed by atoms with Crippen LogP contribution in [0.3, 0.4) is 0 Å². The molecule has 0 saturated carbocycles. The lowest BCUT2D eigenvalue weighted by Gasteiger charge is -2.34. The number of urea groups is 1. The van der Waals surface area contributed by atoms with Crippen molar-refractivity contribution in [2.24, 2.45) is 0 Å². The number of piperazine rings is 1. The molecule has 2 aromatic rings. The first-order valence-corrected chi connectivity index (χ1v) is 8.33. The van der Waals surface area contributed by atoms with E-state index in [2.05, 4.69) is 36.1 Å². The second-order valence-electron chi connectivity index (χ2n) is 5.11. The fraction of sp³-hybridized carbons (Fsp3) is 0.267. The Morgan fingerprint density at radius 2 is 1.70 bits per heavy atom. The van der Waals surface area contributed by atoms with E-state index in [0.717, 1.165) is 10.2 Å². The number of benzene rings is 1. The minimum Gasteiger partial charge on any atom is -0.337 e. The maximum Gasteiger partial charge on any atom is 0.321 e. The van der Waals surface area contributed by atoms with Crippen molar-refractivity contribution in [1.29, 1.82) is 0 Å². The Hall–Kier alpha value is -1.86. The van der Waals surface area contributed by atoms with Crippen LogP contribution in [0.15, 0.2) is 41.1 Å². The predicted molar refractivity (Wildman–Crippen MR) is 94.0 cm³/mol. The summed E-state index contributed by atoms with van der Waals surface area (Å²) in [5, 5.41) is 3.52. The van der Waals surface area contributed by atoms with Gasteiger partial charge in [-0.15, -0.1) is 0 Å². The molecule has 0 atom stereocenters. The van der Waals surface area contributed by atoms with Gasteiger partial charge in [-0.25, -0.2) is 14.8 Å². The molecular formula is C15H15BrClN5O. The van der Waals surface area contributed by atoms with E-state index in [-0.39, 0.29) is 6.03 Å². The van der Waals surface area contributed by atoms with Crippen LogP contribution in [-0.4, -0.2) is 47.1 Å². The molecule has 1 aliphatic heterocycles. The van der Waals surface area contributed by atoms with Gasteiger partial charge in [-0.1, -0.05) is 11.6 Å². The Labute approximate surface area is 147 Å². The lowest BCUT2D eigenvalue weighted by atomic mass is 10.3. The van der Waals surface area contributed by atoms with Gasteiger partial charge in [0.15, 0.2) is 0 Å². The largest absolute Gasteiger partial charge is 0.337 e. The molecule has 0 aliphatic carbocycles. The lowest BCUT2D eigenvalue weighted by Crippen LogP contribution is -2.50. The molecule has 23 heavy (non-hydrogen) atoms. The van der Waals surface area contributed by atoms with Gasteiger partial charge >= 0.3 is 6.03 Å². The van der Waals surface area contributed by atoms with E-state index in [1.165, 1.54) is 0 Å². The molecule has 2 heterocycles. The molecule has 1 fully saturated rings. The van der Waals surface area contributed by atoms with E-state index in [1.807, 2.05) is 0 Å². The second kappa shape index (κ2) is 7.14. The summed E-state index contributed by atoms with van der Waals surface area (Å²) in [5.41, 5.74) is 0.734. The molecule has 0 radical (unpaired) electrons. The van der Waals surface area contributed by atoms with Gasteiger partial charge < -0.3 is 15.1 Å². The van der Waals surface area contributed by atoms with Crippen LogP contribution in [0.5, 0.6) is 0 Å². The molecule has 8 heteroatoms. The zero-order valence-electron chi connectivity index (χ0n) is 12.2. The number of aromatic nitrogens is 2. The zero-order chi connectivity index (χ0) is 16.2. The first-order chi connectivity index (χ1) is 11.1. The Morgan fingerprint density at radius 3 is 2.30 bits per heavy atom. The van der Waals surface area contributed by atoms with Crippen molar-refractivity contribution in [1.82, 2.24) is 14.9 Å². The number of carbonyl (C=O) groups is 1. The van der Waals surface area contributed by atoms with E-state index in [0.29, 0.717) is 37.1 Å². The fourth-order valence-corrected chi connectivity index (χ4v) is 2.64. The third-order valence-corrected chi connectivity index (χ3v) is 4.21. The number of nitrogens with zero attached hydrogens (tertiary/aromatic N) is 4. The normalized spacial score (nSPS) is 14.7. The summed E-state index contributed by atoms with van der Waals surface area (Å²) in [6, 6.07) is 6.96. The first-order valence-electron chi connectivity index (χ1n) is 7.16. The molecule has 1 saturated heterocycles. The van der Waals surface area contributed by atoms with Crippen molar-refractivity contribution >= 4 is 45.2 Å². The van der Waals surface area contributed by atoms with E-state index in [4.69, 9.17) is 11.6 Å². The number of anilines is 2. The molecule has 0 unspecified atom stereocenters. The molecule has 1 N–H and O–H groups in total. The van der Waals surface area contributed by atoms with Crippen LogP contribution in [0, 0.1) is 0 Å². The summed E-state index contributed by atoms with van der Waals surface area (Å²) in [6.07, 6.45) is 3.45. The number of amides is 2. The van der Waals surface area contributed by atoms with E-state index in [1.54, 1.807) is 41.6 Å². The maximum absolute atomic E-state index is 12.3. The number of carbonyl (C=O) groups excluding carboxylic acids is 1. The highest BCUT2D eigenvalue weighted by molar-refractivity contribution is 9.10. The maximum atomic E-state index is 12.3. The summed E-state index contributed by atoms with van der Waals surface area (Å²) in [4.78, 5) is 24.7. The van der Waals surface area contributed by atoms with Crippen LogP contribution in [-0.2, 0) is 0 Å². The molecule has 6 nitrogen and oxygen atoms in total. The third-order valence-electron chi connectivity index (χ3n) is 3.55. The van der Waals surface area contributed by atoms with Gasteiger partial charge in [-0.3, -0.25) is 0 Å². The van der Waals surface area contributed by atoms with Crippen molar-refractivity contribution in [3.05, 3.63) is 46.2 Å². The number of hydrogen-bond donors (Lipinski definition) is 1. The van der Waals surface area contributed by atoms with Gasteiger partial charge in [0.1, 0.15) is 0 Å². The highest BCUT2D eigenvalue weighted by Crippen LogP contribution is 2.16. The Balaban J connectivity index is 1.54. The quantitative estimate of drug-likeness (QED) is 0.846. The topological polar surface area (TPSA) is 61.4 Å². The molecule has 3 rings (SSSR count). The summed E-state index contributed by atoms with van der Waals surface area (Å²) >= 11 is 9.16. The van der Waals surface area contributed by atoms with Gasteiger partial charge in [-0.05, 0) is 40.2 Å². The summed E-state index contributed by atoms with van der Waals surface area (Å²) in [7, 11) is 0. The van der Waals surface area contributed by atoms with Gasteiger partial charge in [0.25, 0.3) is 0 Å². The van der Waals surface area contributed by atoms with Crippen molar-refractivity contribution < 1.29 is 4.79 Å². The summed E-state index contributed by atoms with van der Waals surface area (Å²) in [5.74, 6) is 0.686. The van der Waals surface area contributed by atoms with Crippen LogP contribution in [0.1, 0.15) is 0 Å². The minimum atomic E-state index is -0.108. The first kappa shape index (κ1) is 16.0. The third kappa shape index (κ3) is 4.11. The smallest absolute Gasteiger partial charge is 0.321 e. The molecule has 0 bridgehead atoms. The molecule has 120 valence electrons. The average Bonchev–Trinajstić information content (AvgIpc) is 2.58. The van der Waals surface area contributed by atoms with E-state index in [9.17, 15) is 4.79 Å². The number of hydrogen-bond acceptors (Lipinski definition) is 4. The van der Waals surface area contributed by atoms with Crippen LogP contribution in [0.2, 0.25) is 5.02 Å². The molecule has 2 amide bonds. The summed E-state index contributed by atoms with van der Waals surface area (Å²) < 4.78 is 0.849. The Morgan fingerprint density at radius 1 is 1.09 bits per heavy atom. The van der Waals surface area contributed by atoms with Crippen molar-refractivity contribution in [3.63, 3.8) is 0 Å². The molecule has 1 aromatic carbocycles. The van der Waals surface area contributed by atoms with Gasteiger partial charge in [0, 0.05) is 49.3 Å². The van der Waals surface area contributed by atoms with E-state index < -0.39 is 0 Å². The standard InChI is InChI=1S/C15H15BrClN5O/c16-11-9-18-14(19-10-11)21-5-7-22(8-6-21)15(23)20-13-3-1-12(17)2-4-13/h1-4,9-10H,5-8H2,(H,20,23). The van der Waals surface area contributed by atoms with Crippen LogP contribution >= 0.6 is 27.5 Å². The monoisotopic (exact) mass is 395 g/mol. The minimum absolute atomic E-state index is 0.108.